The summed E-state index contributed by atoms with van der Waals surface area (Å²) in [7, 11) is -0.621. The van der Waals surface area contributed by atoms with Crippen molar-refractivity contribution in [2.75, 3.05) is 26.5 Å². The first-order valence-electron chi connectivity index (χ1n) is 8.74. The highest BCUT2D eigenvalue weighted by Crippen LogP contribution is 2.24. The third-order valence-corrected chi connectivity index (χ3v) is 6.36. The van der Waals surface area contributed by atoms with Crippen LogP contribution in [0.1, 0.15) is 22.8 Å². The quantitative estimate of drug-likeness (QED) is 0.571. The van der Waals surface area contributed by atoms with E-state index in [1.807, 2.05) is 0 Å². The van der Waals surface area contributed by atoms with Crippen LogP contribution in [0.3, 0.4) is 0 Å². The molecule has 0 saturated heterocycles. The van der Waals surface area contributed by atoms with Gasteiger partial charge in [-0.2, -0.15) is 0 Å². The predicted octanol–water partition coefficient (Wildman–Crippen LogP) is 2.69. The van der Waals surface area contributed by atoms with Crippen molar-refractivity contribution in [1.82, 2.24) is 4.72 Å². The van der Waals surface area contributed by atoms with Crippen LogP contribution >= 0.6 is 11.8 Å². The van der Waals surface area contributed by atoms with Crippen molar-refractivity contribution in [3.63, 3.8) is 0 Å². The molecule has 0 bridgehead atoms. The highest BCUT2D eigenvalue weighted by atomic mass is 32.2. The van der Waals surface area contributed by atoms with Gasteiger partial charge in [0.2, 0.25) is 10.0 Å². The minimum Gasteiger partial charge on any atom is -0.497 e. The lowest BCUT2D eigenvalue weighted by molar-refractivity contribution is -0.109. The molecule has 0 heterocycles. The van der Waals surface area contributed by atoms with Crippen LogP contribution in [0.15, 0.2) is 47.4 Å². The smallest absolute Gasteiger partial charge is 0.240 e. The predicted molar refractivity (Wildman–Crippen MR) is 112 cm³/mol. The van der Waals surface area contributed by atoms with E-state index in [0.29, 0.717) is 23.5 Å². The fraction of sp³-hybridized carbons (Fsp3) is 0.300. The average molecular weight is 438 g/mol. The largest absolute Gasteiger partial charge is 0.497 e. The zero-order valence-electron chi connectivity index (χ0n) is 16.4. The Balaban J connectivity index is 2.01. The van der Waals surface area contributed by atoms with Gasteiger partial charge in [-0.3, -0.25) is 9.59 Å². The Hall–Kier alpha value is -2.36. The van der Waals surface area contributed by atoms with E-state index in [1.165, 1.54) is 31.2 Å². The molecule has 156 valence electrons. The van der Waals surface area contributed by atoms with Crippen molar-refractivity contribution in [3.05, 3.63) is 53.6 Å². The lowest BCUT2D eigenvalue weighted by Gasteiger charge is -2.11. The number of hydrogen-bond acceptors (Lipinski definition) is 7. The fourth-order valence-electron chi connectivity index (χ4n) is 2.55. The highest BCUT2D eigenvalue weighted by Gasteiger charge is 2.16. The lowest BCUT2D eigenvalue weighted by Crippen LogP contribution is -2.26. The van der Waals surface area contributed by atoms with Gasteiger partial charge in [-0.25, -0.2) is 13.1 Å². The van der Waals surface area contributed by atoms with E-state index in [1.54, 1.807) is 32.4 Å². The molecule has 0 fully saturated rings. The lowest BCUT2D eigenvalue weighted by atomic mass is 10.1. The van der Waals surface area contributed by atoms with Crippen molar-refractivity contribution in [2.24, 2.45) is 0 Å². The van der Waals surface area contributed by atoms with Gasteiger partial charge in [-0.1, -0.05) is 23.9 Å². The maximum atomic E-state index is 12.5. The summed E-state index contributed by atoms with van der Waals surface area (Å²) in [5.74, 6) is 1.11. The molecule has 2 aromatic carbocycles. The molecule has 7 nitrogen and oxygen atoms in total. The summed E-state index contributed by atoms with van der Waals surface area (Å²) in [6.07, 6.45) is 0.415. The molecular formula is C20H23NO6S2. The third kappa shape index (κ3) is 6.59. The maximum absolute atomic E-state index is 12.5. The van der Waals surface area contributed by atoms with Crippen molar-refractivity contribution in [1.29, 1.82) is 0 Å². The van der Waals surface area contributed by atoms with Crippen LogP contribution in [0.2, 0.25) is 0 Å². The number of hydrogen-bond donors (Lipinski definition) is 1. The van der Waals surface area contributed by atoms with Crippen LogP contribution in [0.25, 0.3) is 0 Å². The maximum Gasteiger partial charge on any atom is 0.240 e. The summed E-state index contributed by atoms with van der Waals surface area (Å²) >= 11 is 0.920. The minimum atomic E-state index is -3.73. The second kappa shape index (κ2) is 10.4. The molecule has 0 amide bonds. The van der Waals surface area contributed by atoms with Gasteiger partial charge in [0.15, 0.2) is 10.9 Å². The summed E-state index contributed by atoms with van der Waals surface area (Å²) in [6, 6.07) is 11.0. The molecule has 0 aromatic heterocycles. The van der Waals surface area contributed by atoms with Gasteiger partial charge >= 0.3 is 0 Å². The molecule has 29 heavy (non-hydrogen) atoms. The second-order valence-corrected chi connectivity index (χ2v) is 8.97. The van der Waals surface area contributed by atoms with Crippen LogP contribution in [0.5, 0.6) is 11.5 Å². The van der Waals surface area contributed by atoms with Gasteiger partial charge in [0, 0.05) is 19.0 Å². The number of carbonyl (C=O) groups excluding carboxylic acids is 2. The Morgan fingerprint density at radius 2 is 1.72 bits per heavy atom. The van der Waals surface area contributed by atoms with E-state index >= 15 is 0 Å². The molecule has 0 spiro atoms. The standard InChI is InChI=1S/C20H23NO6S2/c1-14(22)28-13-19(23)15-4-7-18(8-5-15)29(24,25)21-11-10-16-12-17(26-2)6-9-20(16)27-3/h4-9,12,21H,10-11,13H2,1-3H3. The number of nitrogens with one attached hydrogen (secondary N) is 1. The van der Waals surface area contributed by atoms with Gasteiger partial charge in [0.25, 0.3) is 0 Å². The summed E-state index contributed by atoms with van der Waals surface area (Å²) in [6.45, 7) is 1.56. The topological polar surface area (TPSA) is 98.8 Å². The number of Topliss-reactive ketones (excluding diaryl/α,β-unsaturated/α-hetero) is 1. The number of thioether (sulfide) groups is 1. The highest BCUT2D eigenvalue weighted by molar-refractivity contribution is 8.14. The van der Waals surface area contributed by atoms with Crippen molar-refractivity contribution >= 4 is 32.7 Å². The van der Waals surface area contributed by atoms with E-state index in [9.17, 15) is 18.0 Å². The van der Waals surface area contributed by atoms with Crippen molar-refractivity contribution in [3.8, 4) is 11.5 Å². The summed E-state index contributed by atoms with van der Waals surface area (Å²) in [5, 5.41) is -0.144. The molecule has 1 N–H and O–H groups in total. The Morgan fingerprint density at radius 1 is 1.03 bits per heavy atom. The molecule has 0 aliphatic heterocycles. The van der Waals surface area contributed by atoms with Gasteiger partial charge in [-0.15, -0.1) is 0 Å². The normalized spacial score (nSPS) is 11.1. The molecule has 0 atom stereocenters. The number of sulfonamides is 1. The van der Waals surface area contributed by atoms with Crippen molar-refractivity contribution < 1.29 is 27.5 Å². The molecule has 9 heteroatoms. The van der Waals surface area contributed by atoms with E-state index in [4.69, 9.17) is 9.47 Å². The average Bonchev–Trinajstić information content (AvgIpc) is 2.71. The Morgan fingerprint density at radius 3 is 2.31 bits per heavy atom. The second-order valence-electron chi connectivity index (χ2n) is 6.05. The SMILES string of the molecule is COc1ccc(OC)c(CCNS(=O)(=O)c2ccc(C(=O)CSC(C)=O)cc2)c1. The minimum absolute atomic E-state index is 0.0298. The van der Waals surface area contributed by atoms with E-state index in [-0.39, 0.29) is 28.1 Å². The number of methoxy groups -OCH3 is 2. The molecule has 0 unspecified atom stereocenters. The zero-order valence-corrected chi connectivity index (χ0v) is 18.1. The molecule has 0 radical (unpaired) electrons. The fourth-order valence-corrected chi connectivity index (χ4v) is 4.08. The van der Waals surface area contributed by atoms with E-state index < -0.39 is 10.0 Å². The number of ether oxygens (including phenoxy) is 2. The zero-order chi connectivity index (χ0) is 21.4. The Bertz CT molecular complexity index is 971. The third-order valence-electron chi connectivity index (χ3n) is 4.07. The van der Waals surface area contributed by atoms with Crippen molar-refractivity contribution in [2.45, 2.75) is 18.2 Å². The summed E-state index contributed by atoms with van der Waals surface area (Å²) in [5.41, 5.74) is 1.18. The molecule has 2 aromatic rings. The van der Waals surface area contributed by atoms with Gasteiger partial charge < -0.3 is 9.47 Å². The van der Waals surface area contributed by atoms with Crippen LogP contribution in [-0.2, 0) is 21.2 Å². The van der Waals surface area contributed by atoms with Crippen LogP contribution in [-0.4, -0.2) is 45.8 Å². The molecule has 0 saturated carbocycles. The number of benzene rings is 2. The number of ketones is 1. The van der Waals surface area contributed by atoms with Crippen LogP contribution < -0.4 is 14.2 Å². The molecule has 0 aliphatic carbocycles. The molecule has 2 rings (SSSR count). The number of rotatable bonds is 10. The van der Waals surface area contributed by atoms with Crippen LogP contribution in [0.4, 0.5) is 0 Å². The summed E-state index contributed by atoms with van der Waals surface area (Å²) < 4.78 is 38.0. The molecular weight excluding hydrogens is 414 g/mol. The van der Waals surface area contributed by atoms with Gasteiger partial charge in [-0.05, 0) is 42.3 Å². The van der Waals surface area contributed by atoms with Crippen LogP contribution in [0, 0.1) is 0 Å². The first kappa shape index (κ1) is 22.9. The first-order chi connectivity index (χ1) is 13.8. The Kier molecular flexibility index (Phi) is 8.24. The number of carbonyl (C=O) groups is 2. The van der Waals surface area contributed by atoms with Gasteiger partial charge in [0.05, 0.1) is 24.9 Å². The monoisotopic (exact) mass is 437 g/mol. The summed E-state index contributed by atoms with van der Waals surface area (Å²) in [4.78, 5) is 23.0. The Labute approximate surface area is 174 Å². The first-order valence-corrected chi connectivity index (χ1v) is 11.2. The van der Waals surface area contributed by atoms with E-state index in [0.717, 1.165) is 17.3 Å². The molecule has 0 aliphatic rings. The van der Waals surface area contributed by atoms with Gasteiger partial charge in [0.1, 0.15) is 11.5 Å². The van der Waals surface area contributed by atoms with E-state index in [2.05, 4.69) is 4.72 Å².